The summed E-state index contributed by atoms with van der Waals surface area (Å²) in [5.41, 5.74) is 6.50. The Labute approximate surface area is 124 Å². The lowest BCUT2D eigenvalue weighted by Gasteiger charge is -2.20. The number of benzene rings is 1. The Morgan fingerprint density at radius 3 is 2.10 bits per heavy atom. The van der Waals surface area contributed by atoms with E-state index in [9.17, 15) is 0 Å². The van der Waals surface area contributed by atoms with Gasteiger partial charge >= 0.3 is 0 Å². The molecule has 110 valence electrons. The molecule has 0 fully saturated rings. The van der Waals surface area contributed by atoms with E-state index in [4.69, 9.17) is 0 Å². The minimum absolute atomic E-state index is 0.543. The highest BCUT2D eigenvalue weighted by Crippen LogP contribution is 2.20. The van der Waals surface area contributed by atoms with E-state index in [1.54, 1.807) is 0 Å². The molecule has 20 heavy (non-hydrogen) atoms. The molecule has 0 radical (unpaired) electrons. The molecule has 1 rings (SSSR count). The predicted octanol–water partition coefficient (Wildman–Crippen LogP) is 5.23. The normalized spacial score (nSPS) is 13.7. The van der Waals surface area contributed by atoms with Gasteiger partial charge in [-0.25, -0.2) is 0 Å². The molecule has 0 aliphatic heterocycles. The van der Waals surface area contributed by atoms with Crippen molar-refractivity contribution in [3.05, 3.63) is 58.8 Å². The van der Waals surface area contributed by atoms with Crippen molar-refractivity contribution in [3.63, 3.8) is 0 Å². The van der Waals surface area contributed by atoms with Crippen LogP contribution in [0.25, 0.3) is 0 Å². The number of hydrogen-bond donors (Lipinski definition) is 1. The third-order valence-electron chi connectivity index (χ3n) is 4.06. The number of aryl methyl sites for hydroxylation is 1. The molecule has 1 N–H and O–H groups in total. The third-order valence-corrected chi connectivity index (χ3v) is 4.06. The van der Waals surface area contributed by atoms with Gasteiger partial charge in [0.2, 0.25) is 0 Å². The van der Waals surface area contributed by atoms with E-state index in [0.29, 0.717) is 5.92 Å². The van der Waals surface area contributed by atoms with Crippen molar-refractivity contribution in [3.8, 4) is 0 Å². The molecular weight excluding hydrogens is 242 g/mol. The van der Waals surface area contributed by atoms with Gasteiger partial charge in [-0.15, -0.1) is 0 Å². The summed E-state index contributed by atoms with van der Waals surface area (Å²) in [6.07, 6.45) is 2.24. The van der Waals surface area contributed by atoms with Gasteiger partial charge in [0.15, 0.2) is 0 Å². The van der Waals surface area contributed by atoms with Crippen LogP contribution in [0.15, 0.2) is 47.7 Å². The maximum absolute atomic E-state index is 4.07. The maximum atomic E-state index is 4.07. The number of nitrogens with one attached hydrogen (secondary N) is 1. The van der Waals surface area contributed by atoms with Crippen LogP contribution in [0.1, 0.15) is 52.2 Å². The van der Waals surface area contributed by atoms with Gasteiger partial charge < -0.3 is 5.32 Å². The molecule has 0 aliphatic carbocycles. The molecule has 0 heterocycles. The average molecular weight is 271 g/mol. The van der Waals surface area contributed by atoms with Crippen LogP contribution < -0.4 is 5.32 Å². The minimum atomic E-state index is 0.543. The van der Waals surface area contributed by atoms with E-state index in [0.717, 1.165) is 25.0 Å². The first kappa shape index (κ1) is 16.6. The van der Waals surface area contributed by atoms with Crippen molar-refractivity contribution in [2.24, 2.45) is 5.92 Å². The second-order valence-corrected chi connectivity index (χ2v) is 5.65. The Morgan fingerprint density at radius 1 is 1.10 bits per heavy atom. The van der Waals surface area contributed by atoms with Gasteiger partial charge in [-0.3, -0.25) is 0 Å². The van der Waals surface area contributed by atoms with Crippen molar-refractivity contribution in [1.82, 2.24) is 5.32 Å². The zero-order valence-electron chi connectivity index (χ0n) is 13.7. The Balaban J connectivity index is 2.81. The molecule has 0 aromatic heterocycles. The van der Waals surface area contributed by atoms with Gasteiger partial charge in [0.05, 0.1) is 0 Å². The Morgan fingerprint density at radius 2 is 1.65 bits per heavy atom. The highest BCUT2D eigenvalue weighted by atomic mass is 14.9. The Hall–Kier alpha value is -1.50. The van der Waals surface area contributed by atoms with Gasteiger partial charge in [0.1, 0.15) is 0 Å². The highest BCUT2D eigenvalue weighted by molar-refractivity contribution is 5.31. The molecule has 0 spiro atoms. The summed E-state index contributed by atoms with van der Waals surface area (Å²) in [5.74, 6) is 0.543. The smallest absolute Gasteiger partial charge is 0.0397 e. The lowest BCUT2D eigenvalue weighted by molar-refractivity contribution is 0.579. The second-order valence-electron chi connectivity index (χ2n) is 5.65. The maximum Gasteiger partial charge on any atom is 0.0397 e. The standard InChI is InChI=1S/C19H29N/c1-7-15(5)19(16(6)14(3)4)20-13-18-11-9-17(8-2)10-12-18/h9-12,15,20H,3,7-8,13H2,1-2,4-6H3/b19-16-. The summed E-state index contributed by atoms with van der Waals surface area (Å²) in [5, 5.41) is 3.62. The summed E-state index contributed by atoms with van der Waals surface area (Å²) in [6, 6.07) is 8.87. The summed E-state index contributed by atoms with van der Waals surface area (Å²) >= 11 is 0. The van der Waals surface area contributed by atoms with Crippen LogP contribution in [0.5, 0.6) is 0 Å². The monoisotopic (exact) mass is 271 g/mol. The molecule has 0 saturated carbocycles. The Bertz CT molecular complexity index is 465. The molecule has 0 amide bonds. The second kappa shape index (κ2) is 7.94. The topological polar surface area (TPSA) is 12.0 Å². The van der Waals surface area contributed by atoms with Crippen molar-refractivity contribution >= 4 is 0 Å². The van der Waals surface area contributed by atoms with Crippen LogP contribution >= 0.6 is 0 Å². The largest absolute Gasteiger partial charge is 0.384 e. The van der Waals surface area contributed by atoms with Crippen LogP contribution in [-0.4, -0.2) is 0 Å². The van der Waals surface area contributed by atoms with Crippen LogP contribution in [0, 0.1) is 5.92 Å². The number of hydrogen-bond acceptors (Lipinski definition) is 1. The van der Waals surface area contributed by atoms with Crippen LogP contribution in [-0.2, 0) is 13.0 Å². The zero-order valence-corrected chi connectivity index (χ0v) is 13.7. The van der Waals surface area contributed by atoms with Crippen LogP contribution in [0.3, 0.4) is 0 Å². The summed E-state index contributed by atoms with van der Waals surface area (Å²) in [6.45, 7) is 15.9. The third kappa shape index (κ3) is 4.56. The van der Waals surface area contributed by atoms with E-state index in [2.05, 4.69) is 70.8 Å². The SMILES string of the molecule is C=C(C)/C(C)=C(\NCc1ccc(CC)cc1)C(C)CC. The van der Waals surface area contributed by atoms with Crippen LogP contribution in [0.2, 0.25) is 0 Å². The fraction of sp³-hybridized carbons (Fsp3) is 0.474. The molecule has 0 bridgehead atoms. The van der Waals surface area contributed by atoms with Crippen molar-refractivity contribution in [2.75, 3.05) is 0 Å². The molecule has 1 atom stereocenters. The number of allylic oxidation sites excluding steroid dienone is 3. The van der Waals surface area contributed by atoms with E-state index < -0.39 is 0 Å². The fourth-order valence-corrected chi connectivity index (χ4v) is 2.20. The molecular formula is C19H29N. The lowest BCUT2D eigenvalue weighted by Crippen LogP contribution is -2.20. The average Bonchev–Trinajstić information content (AvgIpc) is 2.47. The quantitative estimate of drug-likeness (QED) is 0.669. The first-order chi connectivity index (χ1) is 9.49. The summed E-state index contributed by atoms with van der Waals surface area (Å²) < 4.78 is 0. The molecule has 0 saturated heterocycles. The minimum Gasteiger partial charge on any atom is -0.384 e. The van der Waals surface area contributed by atoms with E-state index in [1.807, 2.05) is 0 Å². The fourth-order valence-electron chi connectivity index (χ4n) is 2.20. The zero-order chi connectivity index (χ0) is 15.1. The van der Waals surface area contributed by atoms with Crippen molar-refractivity contribution in [2.45, 2.75) is 54.0 Å². The predicted molar refractivity (Wildman–Crippen MR) is 89.6 cm³/mol. The molecule has 1 nitrogen and oxygen atoms in total. The first-order valence-electron chi connectivity index (χ1n) is 7.67. The highest BCUT2D eigenvalue weighted by Gasteiger charge is 2.10. The molecule has 1 heteroatoms. The molecule has 1 unspecified atom stereocenters. The number of rotatable bonds is 7. The first-order valence-corrected chi connectivity index (χ1v) is 7.67. The van der Waals surface area contributed by atoms with Gasteiger partial charge in [-0.2, -0.15) is 0 Å². The van der Waals surface area contributed by atoms with Crippen LogP contribution in [0.4, 0.5) is 0 Å². The van der Waals surface area contributed by atoms with Gasteiger partial charge in [0.25, 0.3) is 0 Å². The van der Waals surface area contributed by atoms with Gasteiger partial charge in [-0.1, -0.05) is 57.2 Å². The van der Waals surface area contributed by atoms with Gasteiger partial charge in [0, 0.05) is 12.2 Å². The molecule has 1 aromatic rings. The molecule has 0 aliphatic rings. The van der Waals surface area contributed by atoms with E-state index in [-0.39, 0.29) is 0 Å². The lowest BCUT2D eigenvalue weighted by atomic mass is 9.97. The molecule has 1 aromatic carbocycles. The summed E-state index contributed by atoms with van der Waals surface area (Å²) in [4.78, 5) is 0. The van der Waals surface area contributed by atoms with E-state index in [1.165, 1.54) is 22.4 Å². The van der Waals surface area contributed by atoms with Crippen molar-refractivity contribution < 1.29 is 0 Å². The van der Waals surface area contributed by atoms with Gasteiger partial charge in [-0.05, 0) is 49.3 Å². The summed E-state index contributed by atoms with van der Waals surface area (Å²) in [7, 11) is 0. The van der Waals surface area contributed by atoms with E-state index >= 15 is 0 Å². The Kier molecular flexibility index (Phi) is 6.57. The van der Waals surface area contributed by atoms with Crippen molar-refractivity contribution in [1.29, 1.82) is 0 Å².